The largest absolute Gasteiger partial charge is 0.469 e. The maximum absolute atomic E-state index is 11.6. The monoisotopic (exact) mass is 340 g/mol. The first-order chi connectivity index (χ1) is 11.4. The van der Waals surface area contributed by atoms with Crippen LogP contribution >= 0.6 is 0 Å². The van der Waals surface area contributed by atoms with Gasteiger partial charge in [0.25, 0.3) is 0 Å². The molecule has 0 spiro atoms. The number of rotatable bonds is 12. The number of hydrogen-bond acceptors (Lipinski definition) is 4. The molecule has 0 aromatic heterocycles. The average Bonchev–Trinajstić information content (AvgIpc) is 3.01. The minimum Gasteiger partial charge on any atom is -0.469 e. The Kier molecular flexibility index (Phi) is 10.6. The van der Waals surface area contributed by atoms with Gasteiger partial charge in [0.2, 0.25) is 0 Å². The molecule has 1 heterocycles. The second kappa shape index (κ2) is 11.9. The molecule has 1 atom stereocenters. The number of nitrogens with zero attached hydrogens (tertiary/aromatic N) is 1. The molecule has 0 radical (unpaired) electrons. The SMILES string of the molecule is COC(=O)C1CCN(CCCNC(CCC(C)C)CCC(C)C)C1. The topological polar surface area (TPSA) is 41.6 Å². The summed E-state index contributed by atoms with van der Waals surface area (Å²) in [6.07, 6.45) is 7.31. The van der Waals surface area contributed by atoms with Gasteiger partial charge < -0.3 is 15.0 Å². The van der Waals surface area contributed by atoms with E-state index in [2.05, 4.69) is 37.9 Å². The molecule has 142 valence electrons. The maximum atomic E-state index is 11.6. The molecule has 0 amide bonds. The van der Waals surface area contributed by atoms with Gasteiger partial charge in [-0.3, -0.25) is 4.79 Å². The fourth-order valence-corrected chi connectivity index (χ4v) is 3.42. The highest BCUT2D eigenvalue weighted by Crippen LogP contribution is 2.18. The lowest BCUT2D eigenvalue weighted by atomic mass is 9.97. The van der Waals surface area contributed by atoms with Crippen LogP contribution < -0.4 is 5.32 Å². The van der Waals surface area contributed by atoms with Crippen molar-refractivity contribution in [3.05, 3.63) is 0 Å². The number of hydrogen-bond donors (Lipinski definition) is 1. The van der Waals surface area contributed by atoms with Gasteiger partial charge >= 0.3 is 5.97 Å². The second-order valence-corrected chi connectivity index (χ2v) is 8.26. The molecule has 0 aliphatic carbocycles. The number of likely N-dealkylation sites (tertiary alicyclic amines) is 1. The molecule has 0 aromatic rings. The fraction of sp³-hybridized carbons (Fsp3) is 0.950. The Bertz CT molecular complexity index is 333. The van der Waals surface area contributed by atoms with Crippen LogP contribution in [0.1, 0.15) is 66.2 Å². The lowest BCUT2D eigenvalue weighted by molar-refractivity contribution is -0.144. The van der Waals surface area contributed by atoms with E-state index in [9.17, 15) is 4.79 Å². The van der Waals surface area contributed by atoms with Crippen molar-refractivity contribution in [2.75, 3.05) is 33.3 Å². The standard InChI is InChI=1S/C20H40N2O2/c1-16(2)7-9-19(10-8-17(3)4)21-12-6-13-22-14-11-18(15-22)20(23)24-5/h16-19,21H,6-15H2,1-5H3. The van der Waals surface area contributed by atoms with E-state index in [0.717, 1.165) is 50.9 Å². The fourth-order valence-electron chi connectivity index (χ4n) is 3.42. The molecule has 1 N–H and O–H groups in total. The summed E-state index contributed by atoms with van der Waals surface area (Å²) < 4.78 is 4.85. The van der Waals surface area contributed by atoms with E-state index in [0.29, 0.717) is 6.04 Å². The zero-order valence-electron chi connectivity index (χ0n) is 16.6. The number of methoxy groups -OCH3 is 1. The summed E-state index contributed by atoms with van der Waals surface area (Å²) >= 11 is 0. The zero-order valence-corrected chi connectivity index (χ0v) is 16.6. The van der Waals surface area contributed by atoms with Crippen molar-refractivity contribution in [2.24, 2.45) is 17.8 Å². The van der Waals surface area contributed by atoms with E-state index >= 15 is 0 Å². The molecule has 24 heavy (non-hydrogen) atoms. The van der Waals surface area contributed by atoms with E-state index in [-0.39, 0.29) is 11.9 Å². The van der Waals surface area contributed by atoms with Crippen LogP contribution in [0.4, 0.5) is 0 Å². The van der Waals surface area contributed by atoms with E-state index in [1.54, 1.807) is 0 Å². The summed E-state index contributed by atoms with van der Waals surface area (Å²) in [4.78, 5) is 14.0. The molecule has 1 saturated heterocycles. The Morgan fingerprint density at radius 1 is 1.12 bits per heavy atom. The molecule has 0 saturated carbocycles. The maximum Gasteiger partial charge on any atom is 0.310 e. The third kappa shape index (κ3) is 9.03. The quantitative estimate of drug-likeness (QED) is 0.434. The van der Waals surface area contributed by atoms with Gasteiger partial charge in [-0.1, -0.05) is 27.7 Å². The predicted molar refractivity (Wildman–Crippen MR) is 101 cm³/mol. The molecule has 0 bridgehead atoms. The smallest absolute Gasteiger partial charge is 0.310 e. The lowest BCUT2D eigenvalue weighted by Crippen LogP contribution is -2.33. The molecule has 1 fully saturated rings. The van der Waals surface area contributed by atoms with Crippen LogP contribution in [-0.2, 0) is 9.53 Å². The third-order valence-corrected chi connectivity index (χ3v) is 5.08. The first-order valence-corrected chi connectivity index (χ1v) is 9.95. The van der Waals surface area contributed by atoms with Gasteiger partial charge in [-0.05, 0) is 70.0 Å². The van der Waals surface area contributed by atoms with Crippen LogP contribution in [-0.4, -0.2) is 50.2 Å². The van der Waals surface area contributed by atoms with Gasteiger partial charge in [-0.25, -0.2) is 0 Å². The van der Waals surface area contributed by atoms with Crippen LogP contribution in [0.2, 0.25) is 0 Å². The number of carbonyl (C=O) groups is 1. The zero-order chi connectivity index (χ0) is 17.9. The number of carbonyl (C=O) groups excluding carboxylic acids is 1. The molecule has 4 heteroatoms. The summed E-state index contributed by atoms with van der Waals surface area (Å²) in [6, 6.07) is 0.663. The van der Waals surface area contributed by atoms with Crippen LogP contribution in [0.5, 0.6) is 0 Å². The number of esters is 1. The summed E-state index contributed by atoms with van der Waals surface area (Å²) in [5.74, 6) is 1.62. The van der Waals surface area contributed by atoms with Crippen molar-refractivity contribution in [3.63, 3.8) is 0 Å². The number of ether oxygens (including phenoxy) is 1. The summed E-state index contributed by atoms with van der Waals surface area (Å²) in [5.41, 5.74) is 0. The number of nitrogens with one attached hydrogen (secondary N) is 1. The molecule has 1 rings (SSSR count). The Labute approximate surface area is 149 Å². The molecular formula is C20H40N2O2. The van der Waals surface area contributed by atoms with Crippen molar-refractivity contribution in [1.29, 1.82) is 0 Å². The summed E-state index contributed by atoms with van der Waals surface area (Å²) in [5, 5.41) is 3.78. The van der Waals surface area contributed by atoms with Crippen LogP contribution in [0.15, 0.2) is 0 Å². The van der Waals surface area contributed by atoms with Gasteiger partial charge in [-0.15, -0.1) is 0 Å². The van der Waals surface area contributed by atoms with Crippen molar-refractivity contribution in [2.45, 2.75) is 72.3 Å². The molecular weight excluding hydrogens is 300 g/mol. The van der Waals surface area contributed by atoms with Gasteiger partial charge in [0.05, 0.1) is 13.0 Å². The average molecular weight is 341 g/mol. The Morgan fingerprint density at radius 2 is 1.75 bits per heavy atom. The molecule has 0 aromatic carbocycles. The predicted octanol–water partition coefficient (Wildman–Crippen LogP) is 3.70. The Hall–Kier alpha value is -0.610. The van der Waals surface area contributed by atoms with Crippen LogP contribution in [0.25, 0.3) is 0 Å². The van der Waals surface area contributed by atoms with Crippen LogP contribution in [0.3, 0.4) is 0 Å². The first-order valence-electron chi connectivity index (χ1n) is 9.95. The summed E-state index contributed by atoms with van der Waals surface area (Å²) in [7, 11) is 1.49. The highest BCUT2D eigenvalue weighted by Gasteiger charge is 2.28. The minimum absolute atomic E-state index is 0.0435. The second-order valence-electron chi connectivity index (χ2n) is 8.26. The highest BCUT2D eigenvalue weighted by molar-refractivity contribution is 5.72. The van der Waals surface area contributed by atoms with Gasteiger partial charge in [-0.2, -0.15) is 0 Å². The van der Waals surface area contributed by atoms with Gasteiger partial charge in [0.15, 0.2) is 0 Å². The molecule has 1 unspecified atom stereocenters. The normalized spacial score (nSPS) is 18.9. The van der Waals surface area contributed by atoms with Crippen molar-refractivity contribution in [1.82, 2.24) is 10.2 Å². The molecule has 1 aliphatic rings. The lowest BCUT2D eigenvalue weighted by Gasteiger charge is -2.22. The van der Waals surface area contributed by atoms with Crippen molar-refractivity contribution >= 4 is 5.97 Å². The Morgan fingerprint density at radius 3 is 2.29 bits per heavy atom. The minimum atomic E-state index is -0.0435. The van der Waals surface area contributed by atoms with E-state index in [1.807, 2.05) is 0 Å². The van der Waals surface area contributed by atoms with E-state index in [1.165, 1.54) is 32.8 Å². The highest BCUT2D eigenvalue weighted by atomic mass is 16.5. The van der Waals surface area contributed by atoms with E-state index < -0.39 is 0 Å². The van der Waals surface area contributed by atoms with Crippen molar-refractivity contribution in [3.8, 4) is 0 Å². The molecule has 4 nitrogen and oxygen atoms in total. The van der Waals surface area contributed by atoms with Crippen LogP contribution in [0, 0.1) is 17.8 Å². The Balaban J connectivity index is 2.20. The third-order valence-electron chi connectivity index (χ3n) is 5.08. The van der Waals surface area contributed by atoms with E-state index in [4.69, 9.17) is 4.74 Å². The first kappa shape index (κ1) is 21.4. The van der Waals surface area contributed by atoms with Gasteiger partial charge in [0, 0.05) is 12.6 Å². The van der Waals surface area contributed by atoms with Gasteiger partial charge in [0.1, 0.15) is 0 Å². The summed E-state index contributed by atoms with van der Waals surface area (Å²) in [6.45, 7) is 13.3. The van der Waals surface area contributed by atoms with Crippen molar-refractivity contribution < 1.29 is 9.53 Å². The molecule has 1 aliphatic heterocycles.